The van der Waals surface area contributed by atoms with Gasteiger partial charge in [-0.15, -0.1) is 0 Å². The first-order valence-corrected chi connectivity index (χ1v) is 7.37. The molecule has 0 saturated heterocycles. The zero-order valence-electron chi connectivity index (χ0n) is 12.2. The Bertz CT molecular complexity index is 647. The number of aryl methyl sites for hydroxylation is 2. The number of nitrogens with zero attached hydrogens (tertiary/aromatic N) is 1. The van der Waals surface area contributed by atoms with Crippen LogP contribution in [0.4, 0.5) is 0 Å². The van der Waals surface area contributed by atoms with Gasteiger partial charge < -0.3 is 15.0 Å². The van der Waals surface area contributed by atoms with Crippen LogP contribution in [0.25, 0.3) is 0 Å². The molecule has 0 bridgehead atoms. The number of phenols is 1. The summed E-state index contributed by atoms with van der Waals surface area (Å²) in [5.41, 5.74) is 3.77. The van der Waals surface area contributed by atoms with Crippen LogP contribution >= 0.6 is 0 Å². The molecular formula is C17H20N2O2. The van der Waals surface area contributed by atoms with Crippen molar-refractivity contribution in [2.24, 2.45) is 0 Å². The number of carbonyl (C=O) groups is 1. The van der Waals surface area contributed by atoms with Crippen molar-refractivity contribution in [1.29, 1.82) is 0 Å². The number of aromatic amines is 1. The summed E-state index contributed by atoms with van der Waals surface area (Å²) in [4.78, 5) is 17.2. The van der Waals surface area contributed by atoms with E-state index in [1.54, 1.807) is 18.0 Å². The first-order valence-electron chi connectivity index (χ1n) is 7.37. The van der Waals surface area contributed by atoms with E-state index in [1.807, 2.05) is 24.4 Å². The largest absolute Gasteiger partial charge is 0.507 e. The van der Waals surface area contributed by atoms with Crippen LogP contribution in [0.1, 0.15) is 40.0 Å². The van der Waals surface area contributed by atoms with Crippen molar-refractivity contribution >= 4 is 5.91 Å². The predicted octanol–water partition coefficient (Wildman–Crippen LogP) is 2.87. The third-order valence-electron chi connectivity index (χ3n) is 4.11. The highest BCUT2D eigenvalue weighted by molar-refractivity contribution is 5.97. The maximum Gasteiger partial charge on any atom is 0.257 e. The number of aromatic nitrogens is 1. The Morgan fingerprint density at radius 2 is 2.00 bits per heavy atom. The van der Waals surface area contributed by atoms with Crippen LogP contribution < -0.4 is 0 Å². The molecule has 0 fully saturated rings. The summed E-state index contributed by atoms with van der Waals surface area (Å²) in [7, 11) is 1.75. The number of rotatable bonds is 3. The topological polar surface area (TPSA) is 56.3 Å². The molecule has 0 saturated carbocycles. The molecule has 1 aromatic heterocycles. The van der Waals surface area contributed by atoms with Gasteiger partial charge in [0.25, 0.3) is 5.91 Å². The van der Waals surface area contributed by atoms with Gasteiger partial charge in [0.05, 0.1) is 12.1 Å². The Hall–Kier alpha value is -2.23. The van der Waals surface area contributed by atoms with Gasteiger partial charge in [-0.2, -0.15) is 0 Å². The van der Waals surface area contributed by atoms with Crippen LogP contribution in [0, 0.1) is 0 Å². The summed E-state index contributed by atoms with van der Waals surface area (Å²) >= 11 is 0. The highest BCUT2D eigenvalue weighted by Crippen LogP contribution is 2.29. The molecule has 1 amide bonds. The molecule has 21 heavy (non-hydrogen) atoms. The average molecular weight is 284 g/mol. The lowest BCUT2D eigenvalue weighted by atomic mass is 9.89. The normalized spacial score (nSPS) is 13.8. The molecule has 3 rings (SSSR count). The van der Waals surface area contributed by atoms with E-state index < -0.39 is 0 Å². The molecule has 0 radical (unpaired) electrons. The fourth-order valence-electron chi connectivity index (χ4n) is 2.94. The minimum Gasteiger partial charge on any atom is -0.507 e. The van der Waals surface area contributed by atoms with Gasteiger partial charge in [0.15, 0.2) is 0 Å². The van der Waals surface area contributed by atoms with Crippen molar-refractivity contribution < 1.29 is 9.90 Å². The molecule has 1 aromatic carbocycles. The highest BCUT2D eigenvalue weighted by Gasteiger charge is 2.20. The molecule has 0 atom stereocenters. The van der Waals surface area contributed by atoms with Crippen molar-refractivity contribution in [2.75, 3.05) is 7.05 Å². The summed E-state index contributed by atoms with van der Waals surface area (Å²) in [5.74, 6) is -0.0468. The molecule has 4 nitrogen and oxygen atoms in total. The summed E-state index contributed by atoms with van der Waals surface area (Å²) in [6.07, 6.45) is 6.14. The minimum absolute atomic E-state index is 0.0963. The second kappa shape index (κ2) is 5.64. The van der Waals surface area contributed by atoms with Crippen LogP contribution in [0.3, 0.4) is 0 Å². The van der Waals surface area contributed by atoms with Crippen molar-refractivity contribution in [3.63, 3.8) is 0 Å². The van der Waals surface area contributed by atoms with Crippen molar-refractivity contribution in [3.05, 3.63) is 52.8 Å². The van der Waals surface area contributed by atoms with Gasteiger partial charge in [-0.25, -0.2) is 0 Å². The van der Waals surface area contributed by atoms with Crippen LogP contribution in [0.5, 0.6) is 5.75 Å². The Balaban J connectivity index is 1.83. The number of carbonyl (C=O) groups excluding carboxylic acids is 1. The van der Waals surface area contributed by atoms with E-state index in [4.69, 9.17) is 0 Å². The molecular weight excluding hydrogens is 264 g/mol. The van der Waals surface area contributed by atoms with Crippen molar-refractivity contribution in [1.82, 2.24) is 9.88 Å². The standard InChI is InChI=1S/C17H20N2O2/c1-19(11-14-7-4-8-18-14)17(21)15-9-12-5-2-3-6-13(12)10-16(15)20/h4,7-10,18,20H,2-3,5-6,11H2,1H3. The van der Waals surface area contributed by atoms with E-state index in [0.717, 1.165) is 31.4 Å². The molecule has 0 spiro atoms. The molecule has 2 aromatic rings. The lowest BCUT2D eigenvalue weighted by Gasteiger charge is -2.21. The number of benzene rings is 1. The zero-order valence-corrected chi connectivity index (χ0v) is 12.2. The van der Waals surface area contributed by atoms with Gasteiger partial charge in [0, 0.05) is 18.9 Å². The van der Waals surface area contributed by atoms with Crippen molar-refractivity contribution in [2.45, 2.75) is 32.2 Å². The first-order chi connectivity index (χ1) is 10.1. The Morgan fingerprint density at radius 3 is 2.67 bits per heavy atom. The lowest BCUT2D eigenvalue weighted by molar-refractivity contribution is 0.0780. The molecule has 1 heterocycles. The molecule has 0 aliphatic heterocycles. The van der Waals surface area contributed by atoms with Gasteiger partial charge in [0.2, 0.25) is 0 Å². The van der Waals surface area contributed by atoms with E-state index in [-0.39, 0.29) is 11.7 Å². The third-order valence-corrected chi connectivity index (χ3v) is 4.11. The number of fused-ring (bicyclic) bond motifs is 1. The molecule has 0 unspecified atom stereocenters. The maximum atomic E-state index is 12.5. The van der Waals surface area contributed by atoms with E-state index in [2.05, 4.69) is 4.98 Å². The third kappa shape index (κ3) is 2.79. The Morgan fingerprint density at radius 1 is 1.29 bits per heavy atom. The fourth-order valence-corrected chi connectivity index (χ4v) is 2.94. The summed E-state index contributed by atoms with van der Waals surface area (Å²) in [6.45, 7) is 0.502. The zero-order chi connectivity index (χ0) is 14.8. The van der Waals surface area contributed by atoms with Gasteiger partial charge in [-0.05, 0) is 61.1 Å². The number of aromatic hydroxyl groups is 1. The predicted molar refractivity (Wildman–Crippen MR) is 81.3 cm³/mol. The highest BCUT2D eigenvalue weighted by atomic mass is 16.3. The monoisotopic (exact) mass is 284 g/mol. The van der Waals surface area contributed by atoms with Crippen LogP contribution in [-0.4, -0.2) is 27.9 Å². The molecule has 2 N–H and O–H groups in total. The number of hydrogen-bond acceptors (Lipinski definition) is 2. The lowest BCUT2D eigenvalue weighted by Crippen LogP contribution is -2.26. The van der Waals surface area contributed by atoms with E-state index >= 15 is 0 Å². The van der Waals surface area contributed by atoms with Crippen LogP contribution in [-0.2, 0) is 19.4 Å². The fraction of sp³-hybridized carbons (Fsp3) is 0.353. The molecule has 110 valence electrons. The van der Waals surface area contributed by atoms with E-state index in [0.29, 0.717) is 12.1 Å². The Labute approximate surface area is 124 Å². The van der Waals surface area contributed by atoms with Crippen molar-refractivity contribution in [3.8, 4) is 5.75 Å². The van der Waals surface area contributed by atoms with Gasteiger partial charge in [-0.1, -0.05) is 0 Å². The molecule has 1 aliphatic rings. The summed E-state index contributed by atoms with van der Waals surface area (Å²) in [6, 6.07) is 7.49. The average Bonchev–Trinajstić information content (AvgIpc) is 2.98. The first kappa shape index (κ1) is 13.7. The van der Waals surface area contributed by atoms with Gasteiger partial charge in [0.1, 0.15) is 5.75 Å². The van der Waals surface area contributed by atoms with Gasteiger partial charge >= 0.3 is 0 Å². The quantitative estimate of drug-likeness (QED) is 0.910. The Kier molecular flexibility index (Phi) is 3.69. The minimum atomic E-state index is -0.143. The number of nitrogens with one attached hydrogen (secondary N) is 1. The second-order valence-electron chi connectivity index (χ2n) is 5.70. The summed E-state index contributed by atoms with van der Waals surface area (Å²) in [5, 5.41) is 10.2. The number of amides is 1. The van der Waals surface area contributed by atoms with Gasteiger partial charge in [-0.3, -0.25) is 4.79 Å². The molecule has 4 heteroatoms. The SMILES string of the molecule is CN(Cc1ccc[nH]1)C(=O)c1cc2c(cc1O)CCCC2. The smallest absolute Gasteiger partial charge is 0.257 e. The van der Waals surface area contributed by atoms with E-state index in [9.17, 15) is 9.90 Å². The number of phenolic OH excluding ortho intramolecular Hbond substituents is 1. The maximum absolute atomic E-state index is 12.5. The van der Waals surface area contributed by atoms with Crippen LogP contribution in [0.15, 0.2) is 30.5 Å². The van der Waals surface area contributed by atoms with E-state index in [1.165, 1.54) is 11.1 Å². The molecule has 1 aliphatic carbocycles. The number of hydrogen-bond donors (Lipinski definition) is 2. The second-order valence-corrected chi connectivity index (χ2v) is 5.70. The number of H-pyrrole nitrogens is 1. The van der Waals surface area contributed by atoms with Crippen LogP contribution in [0.2, 0.25) is 0 Å². The summed E-state index contributed by atoms with van der Waals surface area (Å²) < 4.78 is 0.